The molecule has 2 heterocycles. The summed E-state index contributed by atoms with van der Waals surface area (Å²) < 4.78 is 16.2. The molecule has 2 aliphatic rings. The van der Waals surface area contributed by atoms with Gasteiger partial charge >= 0.3 is 5.97 Å². The van der Waals surface area contributed by atoms with Crippen molar-refractivity contribution >= 4 is 5.97 Å². The van der Waals surface area contributed by atoms with Crippen molar-refractivity contribution in [1.29, 1.82) is 0 Å². The topological polar surface area (TPSA) is 74.5 Å². The van der Waals surface area contributed by atoms with E-state index in [1.807, 2.05) is 6.92 Å². The van der Waals surface area contributed by atoms with E-state index < -0.39 is 5.41 Å². The lowest BCUT2D eigenvalue weighted by Crippen LogP contribution is -2.35. The monoisotopic (exact) mass is 280 g/mol. The first kappa shape index (κ1) is 13.5. The van der Waals surface area contributed by atoms with E-state index >= 15 is 0 Å². The molecule has 2 fully saturated rings. The quantitative estimate of drug-likeness (QED) is 0.788. The molecule has 0 spiro atoms. The number of carbonyl (C=O) groups excluding carboxylic acids is 1. The lowest BCUT2D eigenvalue weighted by Gasteiger charge is -2.21. The summed E-state index contributed by atoms with van der Waals surface area (Å²) in [7, 11) is 0. The van der Waals surface area contributed by atoms with E-state index in [-0.39, 0.29) is 12.1 Å². The highest BCUT2D eigenvalue weighted by molar-refractivity contribution is 5.82. The molecule has 0 aromatic carbocycles. The summed E-state index contributed by atoms with van der Waals surface area (Å²) >= 11 is 0. The van der Waals surface area contributed by atoms with Crippen molar-refractivity contribution in [2.75, 3.05) is 13.2 Å². The van der Waals surface area contributed by atoms with E-state index in [1.165, 1.54) is 0 Å². The predicted octanol–water partition coefficient (Wildman–Crippen LogP) is 2.30. The smallest absolute Gasteiger partial charge is 0.321 e. The van der Waals surface area contributed by atoms with Gasteiger partial charge in [-0.15, -0.1) is 0 Å². The van der Waals surface area contributed by atoms with Gasteiger partial charge < -0.3 is 14.0 Å². The zero-order valence-corrected chi connectivity index (χ0v) is 11.8. The highest BCUT2D eigenvalue weighted by Gasteiger charge is 2.49. The number of hydrogen-bond acceptors (Lipinski definition) is 6. The van der Waals surface area contributed by atoms with Gasteiger partial charge in [-0.05, 0) is 32.6 Å². The minimum absolute atomic E-state index is 0.0897. The van der Waals surface area contributed by atoms with Gasteiger partial charge in [-0.1, -0.05) is 18.0 Å². The van der Waals surface area contributed by atoms with Gasteiger partial charge in [0.15, 0.2) is 0 Å². The van der Waals surface area contributed by atoms with Crippen molar-refractivity contribution in [2.24, 2.45) is 0 Å². The van der Waals surface area contributed by atoms with Crippen LogP contribution < -0.4 is 0 Å². The maximum atomic E-state index is 12.3. The molecule has 1 aliphatic heterocycles. The van der Waals surface area contributed by atoms with Gasteiger partial charge in [-0.25, -0.2) is 0 Å². The van der Waals surface area contributed by atoms with Crippen LogP contribution in [0.25, 0.3) is 0 Å². The van der Waals surface area contributed by atoms with Gasteiger partial charge in [0.25, 0.3) is 0 Å². The summed E-state index contributed by atoms with van der Waals surface area (Å²) in [5.74, 6) is 0.729. The molecule has 0 amide bonds. The summed E-state index contributed by atoms with van der Waals surface area (Å²) in [4.78, 5) is 16.8. The van der Waals surface area contributed by atoms with E-state index in [1.54, 1.807) is 0 Å². The van der Waals surface area contributed by atoms with Gasteiger partial charge in [-0.3, -0.25) is 4.79 Å². The molecule has 1 unspecified atom stereocenters. The number of hydrogen-bond donors (Lipinski definition) is 0. The Bertz CT molecular complexity index is 473. The number of carbonyl (C=O) groups is 1. The number of rotatable bonds is 4. The number of esters is 1. The standard InChI is InChI=1S/C14H20N2O4/c1-2-18-13(17)14(7-3-4-8-14)12-15-11(16-20-12)10-6-5-9-19-10/h10H,2-9H2,1H3. The van der Waals surface area contributed by atoms with E-state index in [2.05, 4.69) is 10.1 Å². The first-order valence-electron chi connectivity index (χ1n) is 7.39. The van der Waals surface area contributed by atoms with E-state index in [0.717, 1.165) is 45.1 Å². The second-order valence-corrected chi connectivity index (χ2v) is 5.47. The zero-order valence-electron chi connectivity index (χ0n) is 11.8. The van der Waals surface area contributed by atoms with E-state index in [9.17, 15) is 4.79 Å². The van der Waals surface area contributed by atoms with Crippen LogP contribution in [0.15, 0.2) is 4.52 Å². The summed E-state index contributed by atoms with van der Waals surface area (Å²) in [6.07, 6.45) is 5.24. The Labute approximate surface area is 117 Å². The molecular weight excluding hydrogens is 260 g/mol. The van der Waals surface area contributed by atoms with Crippen LogP contribution in [-0.2, 0) is 19.7 Å². The van der Waals surface area contributed by atoms with Gasteiger partial charge in [0.2, 0.25) is 11.7 Å². The van der Waals surface area contributed by atoms with Crippen LogP contribution in [0.2, 0.25) is 0 Å². The summed E-state index contributed by atoms with van der Waals surface area (Å²) in [5, 5.41) is 4.01. The lowest BCUT2D eigenvalue weighted by molar-refractivity contribution is -0.151. The normalized spacial score (nSPS) is 24.9. The van der Waals surface area contributed by atoms with Crippen LogP contribution in [0.3, 0.4) is 0 Å². The highest BCUT2D eigenvalue weighted by atomic mass is 16.5. The number of aromatic nitrogens is 2. The molecule has 1 aliphatic carbocycles. The fourth-order valence-corrected chi connectivity index (χ4v) is 3.09. The SMILES string of the molecule is CCOC(=O)C1(c2nc(C3CCCO3)no2)CCCC1. The van der Waals surface area contributed by atoms with Crippen molar-refractivity contribution in [3.63, 3.8) is 0 Å². The zero-order chi connectivity index (χ0) is 14.0. The van der Waals surface area contributed by atoms with Crippen LogP contribution in [0.5, 0.6) is 0 Å². The Kier molecular flexibility index (Phi) is 3.74. The Morgan fingerprint density at radius 2 is 2.20 bits per heavy atom. The van der Waals surface area contributed by atoms with Gasteiger partial charge in [0.1, 0.15) is 11.5 Å². The minimum atomic E-state index is -0.736. The van der Waals surface area contributed by atoms with E-state index in [0.29, 0.717) is 18.3 Å². The molecule has 0 radical (unpaired) electrons. The average molecular weight is 280 g/mol. The Morgan fingerprint density at radius 3 is 2.85 bits per heavy atom. The van der Waals surface area contributed by atoms with Gasteiger partial charge in [0, 0.05) is 6.61 Å². The summed E-state index contributed by atoms with van der Waals surface area (Å²) in [6, 6.07) is 0. The van der Waals surface area contributed by atoms with Crippen LogP contribution in [-0.4, -0.2) is 29.3 Å². The molecule has 110 valence electrons. The Morgan fingerprint density at radius 1 is 1.40 bits per heavy atom. The number of ether oxygens (including phenoxy) is 2. The second kappa shape index (κ2) is 5.52. The predicted molar refractivity (Wildman–Crippen MR) is 69.0 cm³/mol. The molecule has 3 rings (SSSR count). The Hall–Kier alpha value is -1.43. The molecule has 6 heteroatoms. The molecule has 6 nitrogen and oxygen atoms in total. The molecule has 1 aromatic rings. The largest absolute Gasteiger partial charge is 0.465 e. The minimum Gasteiger partial charge on any atom is -0.465 e. The Balaban J connectivity index is 1.86. The fraction of sp³-hybridized carbons (Fsp3) is 0.786. The third-order valence-corrected chi connectivity index (χ3v) is 4.19. The third kappa shape index (κ3) is 2.22. The van der Waals surface area contributed by atoms with Gasteiger partial charge in [0.05, 0.1) is 6.61 Å². The molecule has 1 aromatic heterocycles. The molecular formula is C14H20N2O4. The maximum absolute atomic E-state index is 12.3. The highest BCUT2D eigenvalue weighted by Crippen LogP contribution is 2.42. The van der Waals surface area contributed by atoms with Crippen LogP contribution >= 0.6 is 0 Å². The van der Waals surface area contributed by atoms with Crippen molar-refractivity contribution in [1.82, 2.24) is 10.1 Å². The molecule has 1 saturated heterocycles. The maximum Gasteiger partial charge on any atom is 0.321 e. The van der Waals surface area contributed by atoms with Crippen molar-refractivity contribution < 1.29 is 18.8 Å². The third-order valence-electron chi connectivity index (χ3n) is 4.19. The van der Waals surface area contributed by atoms with Crippen molar-refractivity contribution in [3.8, 4) is 0 Å². The van der Waals surface area contributed by atoms with Crippen LogP contribution in [0.4, 0.5) is 0 Å². The molecule has 20 heavy (non-hydrogen) atoms. The lowest BCUT2D eigenvalue weighted by atomic mass is 9.86. The summed E-state index contributed by atoms with van der Waals surface area (Å²) in [6.45, 7) is 2.91. The van der Waals surface area contributed by atoms with E-state index in [4.69, 9.17) is 14.0 Å². The second-order valence-electron chi connectivity index (χ2n) is 5.47. The molecule has 1 saturated carbocycles. The van der Waals surface area contributed by atoms with Crippen molar-refractivity contribution in [2.45, 2.75) is 57.0 Å². The fourth-order valence-electron chi connectivity index (χ4n) is 3.09. The first-order chi connectivity index (χ1) is 9.76. The molecule has 1 atom stereocenters. The van der Waals surface area contributed by atoms with Gasteiger partial charge in [-0.2, -0.15) is 4.98 Å². The van der Waals surface area contributed by atoms with Crippen molar-refractivity contribution in [3.05, 3.63) is 11.7 Å². The number of nitrogens with zero attached hydrogens (tertiary/aromatic N) is 2. The average Bonchev–Trinajstić information content (AvgIpc) is 3.19. The van der Waals surface area contributed by atoms with Crippen LogP contribution in [0, 0.1) is 0 Å². The summed E-state index contributed by atoms with van der Waals surface area (Å²) in [5.41, 5.74) is -0.736. The first-order valence-corrected chi connectivity index (χ1v) is 7.39. The molecule has 0 N–H and O–H groups in total. The van der Waals surface area contributed by atoms with Crippen LogP contribution in [0.1, 0.15) is 63.3 Å². The molecule has 0 bridgehead atoms.